The molecule has 0 saturated carbocycles. The molecule has 35 heavy (non-hydrogen) atoms. The smallest absolute Gasteiger partial charge is 0.167 e. The average molecular weight is 502 g/mol. The van der Waals surface area contributed by atoms with Crippen LogP contribution in [0.5, 0.6) is 11.5 Å². The lowest BCUT2D eigenvalue weighted by atomic mass is 10.1. The van der Waals surface area contributed by atoms with Crippen molar-refractivity contribution in [2.75, 3.05) is 20.8 Å². The lowest BCUT2D eigenvalue weighted by molar-refractivity contribution is 0.103. The highest BCUT2D eigenvalue weighted by atomic mass is 32.2. The molecule has 1 aromatic carbocycles. The third-order valence-electron chi connectivity index (χ3n) is 6.41. The Labute approximate surface area is 205 Å². The molecule has 0 spiro atoms. The Kier molecular flexibility index (Phi) is 7.36. The topological polar surface area (TPSA) is 118 Å². The summed E-state index contributed by atoms with van der Waals surface area (Å²) in [4.78, 5) is 8.66. The molecule has 0 amide bonds. The highest BCUT2D eigenvalue weighted by molar-refractivity contribution is 7.91. The van der Waals surface area contributed by atoms with Gasteiger partial charge in [0.15, 0.2) is 21.5 Å². The third kappa shape index (κ3) is 5.01. The molecule has 1 fully saturated rings. The zero-order valence-corrected chi connectivity index (χ0v) is 21.4. The quantitative estimate of drug-likeness (QED) is 0.435. The van der Waals surface area contributed by atoms with Crippen LogP contribution in [0.4, 0.5) is 0 Å². The van der Waals surface area contributed by atoms with Gasteiger partial charge in [-0.2, -0.15) is 0 Å². The predicted octanol–water partition coefficient (Wildman–Crippen LogP) is 3.34. The van der Waals surface area contributed by atoms with E-state index in [1.807, 2.05) is 13.8 Å². The first-order valence-electron chi connectivity index (χ1n) is 11.5. The fraction of sp³-hybridized carbons (Fsp3) is 0.500. The second kappa shape index (κ2) is 10.3. The molecule has 0 bridgehead atoms. The average Bonchev–Trinajstić information content (AvgIpc) is 3.52. The van der Waals surface area contributed by atoms with Gasteiger partial charge >= 0.3 is 0 Å². The Bertz CT molecular complexity index is 1250. The first-order valence-corrected chi connectivity index (χ1v) is 13.3. The van der Waals surface area contributed by atoms with Crippen LogP contribution in [-0.2, 0) is 20.3 Å². The van der Waals surface area contributed by atoms with Crippen molar-refractivity contribution in [2.24, 2.45) is 0 Å². The van der Waals surface area contributed by atoms with Gasteiger partial charge in [0.25, 0.3) is 0 Å². The van der Waals surface area contributed by atoms with Crippen LogP contribution in [0.25, 0.3) is 5.69 Å². The molecule has 3 heterocycles. The number of benzene rings is 1. The summed E-state index contributed by atoms with van der Waals surface area (Å²) in [5.74, 6) is 1.56. The van der Waals surface area contributed by atoms with Gasteiger partial charge in [0.1, 0.15) is 34.9 Å². The fourth-order valence-electron chi connectivity index (χ4n) is 4.18. The number of aryl methyl sites for hydroxylation is 1. The number of hydrogen-bond donors (Lipinski definition) is 0. The normalized spacial score (nSPS) is 17.8. The minimum atomic E-state index is -3.68. The van der Waals surface area contributed by atoms with Crippen molar-refractivity contribution in [1.29, 1.82) is 0 Å². The monoisotopic (exact) mass is 501 g/mol. The summed E-state index contributed by atoms with van der Waals surface area (Å²) in [6.45, 7) is 5.99. The third-order valence-corrected chi connectivity index (χ3v) is 8.61. The van der Waals surface area contributed by atoms with Gasteiger partial charge in [0, 0.05) is 24.9 Å². The van der Waals surface area contributed by atoms with Gasteiger partial charge in [0.2, 0.25) is 0 Å². The van der Waals surface area contributed by atoms with Crippen LogP contribution in [0.3, 0.4) is 0 Å². The number of ether oxygens (including phenoxy) is 3. The van der Waals surface area contributed by atoms with E-state index < -0.39 is 21.0 Å². The number of hydrogen-bond acceptors (Lipinski definition) is 9. The molecule has 0 N–H and O–H groups in total. The molecular formula is C24H31N5O5S. The minimum Gasteiger partial charge on any atom is -0.494 e. The maximum atomic E-state index is 13.6. The summed E-state index contributed by atoms with van der Waals surface area (Å²) in [7, 11) is -0.573. The zero-order valence-electron chi connectivity index (χ0n) is 20.6. The molecule has 0 unspecified atom stereocenters. The molecule has 2 aromatic heterocycles. The van der Waals surface area contributed by atoms with E-state index >= 15 is 0 Å². The van der Waals surface area contributed by atoms with Crippen molar-refractivity contribution in [1.82, 2.24) is 24.7 Å². The van der Waals surface area contributed by atoms with E-state index in [4.69, 9.17) is 14.2 Å². The summed E-state index contributed by atoms with van der Waals surface area (Å²) in [6, 6.07) is 5.38. The van der Waals surface area contributed by atoms with Gasteiger partial charge in [-0.3, -0.25) is 4.57 Å². The molecule has 3 aromatic rings. The number of aromatic nitrogens is 5. The van der Waals surface area contributed by atoms with Crippen molar-refractivity contribution < 1.29 is 22.6 Å². The van der Waals surface area contributed by atoms with E-state index in [0.29, 0.717) is 35.4 Å². The number of sulfone groups is 1. The molecule has 188 valence electrons. The minimum absolute atomic E-state index is 0.266. The van der Waals surface area contributed by atoms with Crippen LogP contribution in [0.1, 0.15) is 61.7 Å². The molecular weight excluding hydrogens is 470 g/mol. The van der Waals surface area contributed by atoms with E-state index in [2.05, 4.69) is 20.2 Å². The second-order valence-corrected chi connectivity index (χ2v) is 11.1. The molecule has 11 heteroatoms. The number of nitrogens with zero attached hydrogens (tertiary/aromatic N) is 5. The van der Waals surface area contributed by atoms with Crippen LogP contribution in [-0.4, -0.2) is 59.2 Å². The molecule has 1 aliphatic heterocycles. The van der Waals surface area contributed by atoms with Gasteiger partial charge in [-0.15, -0.1) is 10.2 Å². The van der Waals surface area contributed by atoms with E-state index in [9.17, 15) is 8.42 Å². The van der Waals surface area contributed by atoms with E-state index in [1.54, 1.807) is 56.3 Å². The van der Waals surface area contributed by atoms with Crippen LogP contribution in [0.2, 0.25) is 0 Å². The van der Waals surface area contributed by atoms with Gasteiger partial charge in [-0.05, 0) is 44.4 Å². The Morgan fingerprint density at radius 2 is 1.77 bits per heavy atom. The van der Waals surface area contributed by atoms with Crippen LogP contribution >= 0.6 is 0 Å². The van der Waals surface area contributed by atoms with Crippen molar-refractivity contribution in [3.63, 3.8) is 0 Å². The second-order valence-electron chi connectivity index (χ2n) is 8.74. The molecule has 0 radical (unpaired) electrons. The van der Waals surface area contributed by atoms with Gasteiger partial charge in [-0.25, -0.2) is 18.4 Å². The Balaban J connectivity index is 1.76. The van der Waals surface area contributed by atoms with Crippen molar-refractivity contribution >= 4 is 9.84 Å². The largest absolute Gasteiger partial charge is 0.494 e. The predicted molar refractivity (Wildman–Crippen MR) is 130 cm³/mol. The first kappa shape index (κ1) is 25.1. The lowest BCUT2D eigenvalue weighted by Crippen LogP contribution is -2.27. The molecule has 0 aliphatic carbocycles. The molecule has 1 aliphatic rings. The number of methoxy groups -OCH3 is 2. The zero-order chi connectivity index (χ0) is 25.2. The molecule has 10 nitrogen and oxygen atoms in total. The van der Waals surface area contributed by atoms with Gasteiger partial charge in [-0.1, -0.05) is 13.0 Å². The highest BCUT2D eigenvalue weighted by Crippen LogP contribution is 2.38. The van der Waals surface area contributed by atoms with E-state index in [1.165, 1.54) is 0 Å². The van der Waals surface area contributed by atoms with Crippen LogP contribution in [0, 0.1) is 6.92 Å². The standard InChI is InChI=1S/C24H31N5O5S/c1-15-12-25-23(26-13-15)16(2)17(3)35(30,31)14-21-27-28-24(20-10-7-11-34-20)29(21)22-18(32-4)8-6-9-19(22)33-5/h6,8-9,12-13,16-17,20H,7,10-11,14H2,1-5H3/t16-,17-,20-/m0/s1. The Morgan fingerprint density at radius 1 is 1.11 bits per heavy atom. The fourth-order valence-corrected chi connectivity index (χ4v) is 5.73. The van der Waals surface area contributed by atoms with Crippen molar-refractivity contribution in [3.8, 4) is 17.2 Å². The summed E-state index contributed by atoms with van der Waals surface area (Å²) in [5, 5.41) is 7.93. The Hall–Kier alpha value is -3.05. The molecule has 3 atom stereocenters. The maximum absolute atomic E-state index is 13.6. The van der Waals surface area contributed by atoms with E-state index in [-0.39, 0.29) is 17.7 Å². The summed E-state index contributed by atoms with van der Waals surface area (Å²) >= 11 is 0. The summed E-state index contributed by atoms with van der Waals surface area (Å²) in [6.07, 6.45) is 4.73. The van der Waals surface area contributed by atoms with Crippen LogP contribution < -0.4 is 9.47 Å². The molecule has 4 rings (SSSR count). The highest BCUT2D eigenvalue weighted by Gasteiger charge is 2.34. The number of rotatable bonds is 9. The van der Waals surface area contributed by atoms with Crippen molar-refractivity contribution in [3.05, 3.63) is 53.6 Å². The Morgan fingerprint density at radius 3 is 2.34 bits per heavy atom. The summed E-state index contributed by atoms with van der Waals surface area (Å²) in [5.41, 5.74) is 1.46. The van der Waals surface area contributed by atoms with Crippen molar-refractivity contribution in [2.45, 2.75) is 56.6 Å². The van der Waals surface area contributed by atoms with Gasteiger partial charge in [0.05, 0.1) is 19.5 Å². The first-order chi connectivity index (χ1) is 16.8. The lowest BCUT2D eigenvalue weighted by Gasteiger charge is -2.21. The maximum Gasteiger partial charge on any atom is 0.167 e. The molecule has 1 saturated heterocycles. The van der Waals surface area contributed by atoms with E-state index in [0.717, 1.165) is 18.4 Å². The number of para-hydroxylation sites is 1. The summed E-state index contributed by atoms with van der Waals surface area (Å²) < 4.78 is 45.9. The van der Waals surface area contributed by atoms with Crippen LogP contribution in [0.15, 0.2) is 30.6 Å². The SMILES string of the molecule is COc1cccc(OC)c1-n1c(CS(=O)(=O)[C@@H](C)[C@H](C)c2ncc(C)cn2)nnc1[C@@H]1CCCO1. The van der Waals surface area contributed by atoms with Gasteiger partial charge < -0.3 is 14.2 Å².